The number of carbonyl (C=O) groups is 1. The molecule has 1 amide bonds. The molecule has 0 atom stereocenters. The summed E-state index contributed by atoms with van der Waals surface area (Å²) in [4.78, 5) is 16.5. The first-order chi connectivity index (χ1) is 8.01. The summed E-state index contributed by atoms with van der Waals surface area (Å²) in [5, 5.41) is 0. The molecule has 0 aromatic rings. The molecule has 0 radical (unpaired) electrons. The van der Waals surface area contributed by atoms with Gasteiger partial charge >= 0.3 is 0 Å². The molecule has 1 heterocycles. The first-order valence-corrected chi connectivity index (χ1v) is 6.66. The topological polar surface area (TPSA) is 49.6 Å². The fourth-order valence-corrected chi connectivity index (χ4v) is 2.90. The van der Waals surface area contributed by atoms with E-state index in [4.69, 9.17) is 18.0 Å². The standard InChI is InChI=1S/C12H21N3OS/c1-14-5-2-6-15(8-11(14)16)9-12(3-4-12)7-10(13)17/h2-9H2,1H3,(H2,13,17). The minimum Gasteiger partial charge on any atom is -0.393 e. The normalized spacial score (nSPS) is 24.5. The Kier molecular flexibility index (Phi) is 3.68. The van der Waals surface area contributed by atoms with Crippen molar-refractivity contribution in [2.45, 2.75) is 25.7 Å². The van der Waals surface area contributed by atoms with E-state index in [1.807, 2.05) is 11.9 Å². The number of hydrogen-bond donors (Lipinski definition) is 1. The SMILES string of the molecule is CN1CCCN(CC2(CC(N)=S)CC2)CC1=O. The quantitative estimate of drug-likeness (QED) is 0.748. The van der Waals surface area contributed by atoms with Crippen molar-refractivity contribution in [3.63, 3.8) is 0 Å². The van der Waals surface area contributed by atoms with Crippen LogP contribution in [-0.4, -0.2) is 53.9 Å². The molecule has 2 aliphatic rings. The van der Waals surface area contributed by atoms with Crippen molar-refractivity contribution in [2.75, 3.05) is 33.2 Å². The molecule has 1 aliphatic heterocycles. The lowest BCUT2D eigenvalue weighted by atomic mass is 10.0. The second-order valence-corrected chi connectivity index (χ2v) is 6.05. The Bertz CT molecular complexity index is 328. The largest absolute Gasteiger partial charge is 0.393 e. The average molecular weight is 255 g/mol. The van der Waals surface area contributed by atoms with Crippen molar-refractivity contribution in [1.82, 2.24) is 9.80 Å². The molecule has 2 N–H and O–H groups in total. The third-order valence-corrected chi connectivity index (χ3v) is 3.96. The van der Waals surface area contributed by atoms with Gasteiger partial charge in [0.25, 0.3) is 0 Å². The number of likely N-dealkylation sites (N-methyl/N-ethyl adjacent to an activating group) is 1. The second-order valence-electron chi connectivity index (χ2n) is 5.52. The molecular weight excluding hydrogens is 234 g/mol. The van der Waals surface area contributed by atoms with Crippen LogP contribution in [0.3, 0.4) is 0 Å². The number of rotatable bonds is 4. The van der Waals surface area contributed by atoms with Crippen LogP contribution in [-0.2, 0) is 4.79 Å². The van der Waals surface area contributed by atoms with Gasteiger partial charge in [-0.3, -0.25) is 9.69 Å². The zero-order valence-electron chi connectivity index (χ0n) is 10.4. The summed E-state index contributed by atoms with van der Waals surface area (Å²) in [7, 11) is 1.88. The Morgan fingerprint density at radius 1 is 1.47 bits per heavy atom. The summed E-state index contributed by atoms with van der Waals surface area (Å²) >= 11 is 5.00. The summed E-state index contributed by atoms with van der Waals surface area (Å²) in [6.45, 7) is 3.41. The van der Waals surface area contributed by atoms with Crippen LogP contribution in [0, 0.1) is 5.41 Å². The van der Waals surface area contributed by atoms with Gasteiger partial charge < -0.3 is 10.6 Å². The highest BCUT2D eigenvalue weighted by Gasteiger charge is 2.44. The van der Waals surface area contributed by atoms with Gasteiger partial charge in [-0.2, -0.15) is 0 Å². The van der Waals surface area contributed by atoms with Crippen LogP contribution in [0.15, 0.2) is 0 Å². The summed E-state index contributed by atoms with van der Waals surface area (Å²) < 4.78 is 0. The molecule has 1 aliphatic carbocycles. The molecule has 0 aromatic heterocycles. The first kappa shape index (κ1) is 12.8. The van der Waals surface area contributed by atoms with Crippen molar-refractivity contribution in [3.05, 3.63) is 0 Å². The van der Waals surface area contributed by atoms with Crippen LogP contribution >= 0.6 is 12.2 Å². The first-order valence-electron chi connectivity index (χ1n) is 6.25. The van der Waals surface area contributed by atoms with E-state index >= 15 is 0 Å². The van der Waals surface area contributed by atoms with Crippen molar-refractivity contribution in [3.8, 4) is 0 Å². The Morgan fingerprint density at radius 3 is 2.76 bits per heavy atom. The van der Waals surface area contributed by atoms with E-state index in [2.05, 4.69) is 4.90 Å². The monoisotopic (exact) mass is 255 g/mol. The van der Waals surface area contributed by atoms with Crippen LogP contribution in [0.25, 0.3) is 0 Å². The average Bonchev–Trinajstić information content (AvgIpc) is 2.96. The summed E-state index contributed by atoms with van der Waals surface area (Å²) in [6.07, 6.45) is 4.30. The summed E-state index contributed by atoms with van der Waals surface area (Å²) in [5.41, 5.74) is 5.93. The maximum atomic E-state index is 11.8. The number of hydrogen-bond acceptors (Lipinski definition) is 3. The smallest absolute Gasteiger partial charge is 0.236 e. The van der Waals surface area contributed by atoms with Gasteiger partial charge in [0.05, 0.1) is 11.5 Å². The van der Waals surface area contributed by atoms with E-state index in [1.54, 1.807) is 0 Å². The molecule has 0 aromatic carbocycles. The molecule has 0 spiro atoms. The van der Waals surface area contributed by atoms with Crippen LogP contribution in [0.4, 0.5) is 0 Å². The van der Waals surface area contributed by atoms with Gasteiger partial charge in [0.1, 0.15) is 0 Å². The summed E-state index contributed by atoms with van der Waals surface area (Å²) in [5.74, 6) is 0.230. The lowest BCUT2D eigenvalue weighted by Crippen LogP contribution is -2.38. The Labute approximate surface area is 108 Å². The van der Waals surface area contributed by atoms with E-state index < -0.39 is 0 Å². The highest BCUT2D eigenvalue weighted by atomic mass is 32.1. The molecule has 4 nitrogen and oxygen atoms in total. The number of amides is 1. The van der Waals surface area contributed by atoms with Crippen LogP contribution in [0.2, 0.25) is 0 Å². The van der Waals surface area contributed by atoms with Crippen LogP contribution in [0.5, 0.6) is 0 Å². The number of thiocarbonyl (C=S) groups is 1. The third kappa shape index (κ3) is 3.39. The Morgan fingerprint density at radius 2 is 2.18 bits per heavy atom. The van der Waals surface area contributed by atoms with E-state index in [0.717, 1.165) is 32.5 Å². The molecule has 1 saturated carbocycles. The molecule has 0 bridgehead atoms. The minimum absolute atomic E-state index is 0.230. The fourth-order valence-electron chi connectivity index (χ4n) is 2.59. The maximum absolute atomic E-state index is 11.8. The van der Waals surface area contributed by atoms with Gasteiger partial charge in [-0.05, 0) is 24.7 Å². The molecule has 1 saturated heterocycles. The zero-order chi connectivity index (χ0) is 12.5. The lowest BCUT2D eigenvalue weighted by Gasteiger charge is -2.25. The van der Waals surface area contributed by atoms with Gasteiger partial charge in [0.15, 0.2) is 0 Å². The van der Waals surface area contributed by atoms with Crippen molar-refractivity contribution in [1.29, 1.82) is 0 Å². The third-order valence-electron chi connectivity index (χ3n) is 3.82. The highest BCUT2D eigenvalue weighted by molar-refractivity contribution is 7.80. The minimum atomic E-state index is 0.230. The van der Waals surface area contributed by atoms with Crippen molar-refractivity contribution in [2.24, 2.45) is 11.1 Å². The molecule has 17 heavy (non-hydrogen) atoms. The molecule has 2 fully saturated rings. The van der Waals surface area contributed by atoms with Crippen molar-refractivity contribution >= 4 is 23.1 Å². The van der Waals surface area contributed by atoms with E-state index in [0.29, 0.717) is 11.5 Å². The molecule has 5 heteroatoms. The molecule has 96 valence electrons. The van der Waals surface area contributed by atoms with E-state index in [-0.39, 0.29) is 11.3 Å². The van der Waals surface area contributed by atoms with Gasteiger partial charge in [-0.15, -0.1) is 0 Å². The maximum Gasteiger partial charge on any atom is 0.236 e. The van der Waals surface area contributed by atoms with Gasteiger partial charge in [0.2, 0.25) is 5.91 Å². The summed E-state index contributed by atoms with van der Waals surface area (Å²) in [6, 6.07) is 0. The lowest BCUT2D eigenvalue weighted by molar-refractivity contribution is -0.130. The molecule has 0 unspecified atom stereocenters. The van der Waals surface area contributed by atoms with E-state index in [9.17, 15) is 4.79 Å². The molecule has 2 rings (SSSR count). The van der Waals surface area contributed by atoms with Crippen LogP contribution < -0.4 is 5.73 Å². The number of nitrogens with zero attached hydrogens (tertiary/aromatic N) is 2. The van der Waals surface area contributed by atoms with Gasteiger partial charge in [-0.25, -0.2) is 0 Å². The van der Waals surface area contributed by atoms with Gasteiger partial charge in [-0.1, -0.05) is 12.2 Å². The van der Waals surface area contributed by atoms with E-state index in [1.165, 1.54) is 12.8 Å². The number of nitrogens with two attached hydrogens (primary N) is 1. The van der Waals surface area contributed by atoms with Crippen molar-refractivity contribution < 1.29 is 4.79 Å². The predicted molar refractivity (Wildman–Crippen MR) is 71.8 cm³/mol. The second kappa shape index (κ2) is 4.90. The predicted octanol–water partition coefficient (Wildman–Crippen LogP) is 0.607. The molecular formula is C12H21N3OS. The fraction of sp³-hybridized carbons (Fsp3) is 0.833. The number of carbonyl (C=O) groups excluding carboxylic acids is 1. The Balaban J connectivity index is 1.90. The highest BCUT2D eigenvalue weighted by Crippen LogP contribution is 2.49. The van der Waals surface area contributed by atoms with Crippen LogP contribution in [0.1, 0.15) is 25.7 Å². The Hall–Kier alpha value is -0.680. The van der Waals surface area contributed by atoms with Gasteiger partial charge in [0, 0.05) is 33.1 Å². The zero-order valence-corrected chi connectivity index (χ0v) is 11.3.